The van der Waals surface area contributed by atoms with Crippen molar-refractivity contribution in [1.29, 1.82) is 0 Å². The second-order valence-corrected chi connectivity index (χ2v) is 6.67. The average Bonchev–Trinajstić information content (AvgIpc) is 2.95. The molecule has 1 aliphatic rings. The van der Waals surface area contributed by atoms with Gasteiger partial charge in [-0.05, 0) is 66.7 Å². The van der Waals surface area contributed by atoms with Crippen LogP contribution in [0.5, 0.6) is 11.5 Å². The molecule has 3 rings (SSSR count). The number of thioether (sulfide) groups is 1. The summed E-state index contributed by atoms with van der Waals surface area (Å²) in [5.74, 6) is 1.20. The molecular formula is C20H20N2O4S. The van der Waals surface area contributed by atoms with Crippen LogP contribution in [0, 0.1) is 0 Å². The third-order valence-corrected chi connectivity index (χ3v) is 4.80. The largest absolute Gasteiger partial charge is 0.497 e. The molecule has 0 radical (unpaired) electrons. The highest BCUT2D eigenvalue weighted by Gasteiger charge is 2.34. The molecule has 0 unspecified atom stereocenters. The average molecular weight is 384 g/mol. The number of nitrogens with one attached hydrogen (secondary N) is 1. The van der Waals surface area contributed by atoms with Gasteiger partial charge in [-0.2, -0.15) is 0 Å². The summed E-state index contributed by atoms with van der Waals surface area (Å²) in [4.78, 5) is 26.3. The van der Waals surface area contributed by atoms with E-state index in [1.165, 1.54) is 4.90 Å². The number of rotatable bonds is 7. The number of methoxy groups -OCH3 is 1. The summed E-state index contributed by atoms with van der Waals surface area (Å²) < 4.78 is 10.5. The highest BCUT2D eigenvalue weighted by atomic mass is 32.2. The van der Waals surface area contributed by atoms with Crippen LogP contribution in [0.15, 0.2) is 53.4 Å². The zero-order chi connectivity index (χ0) is 19.2. The van der Waals surface area contributed by atoms with Crippen LogP contribution in [-0.4, -0.2) is 36.4 Å². The zero-order valence-corrected chi connectivity index (χ0v) is 15.9. The Kier molecular flexibility index (Phi) is 6.03. The first kappa shape index (κ1) is 18.8. The Morgan fingerprint density at radius 3 is 2.33 bits per heavy atom. The number of nitrogens with zero attached hydrogens (tertiary/aromatic N) is 1. The Morgan fingerprint density at radius 1 is 1.04 bits per heavy atom. The summed E-state index contributed by atoms with van der Waals surface area (Å²) in [6.07, 6.45) is 1.72. The van der Waals surface area contributed by atoms with Crippen LogP contribution in [0.1, 0.15) is 12.5 Å². The smallest absolute Gasteiger partial charge is 0.295 e. The second-order valence-electron chi connectivity index (χ2n) is 5.68. The minimum Gasteiger partial charge on any atom is -0.497 e. The number of benzene rings is 2. The number of hydrogen-bond donors (Lipinski definition) is 1. The maximum Gasteiger partial charge on any atom is 0.295 e. The van der Waals surface area contributed by atoms with Crippen molar-refractivity contribution in [2.24, 2.45) is 0 Å². The summed E-state index contributed by atoms with van der Waals surface area (Å²) in [6, 6.07) is 14.7. The Labute approximate surface area is 162 Å². The fourth-order valence-corrected chi connectivity index (χ4v) is 3.33. The number of carbonyl (C=O) groups excluding carboxylic acids is 2. The summed E-state index contributed by atoms with van der Waals surface area (Å²) in [7, 11) is 1.60. The molecule has 1 fully saturated rings. The Morgan fingerprint density at radius 2 is 1.70 bits per heavy atom. The van der Waals surface area contributed by atoms with E-state index >= 15 is 0 Å². The first-order valence-electron chi connectivity index (χ1n) is 8.47. The van der Waals surface area contributed by atoms with Crippen molar-refractivity contribution < 1.29 is 19.1 Å². The predicted molar refractivity (Wildman–Crippen MR) is 107 cm³/mol. The van der Waals surface area contributed by atoms with Gasteiger partial charge in [0.2, 0.25) is 0 Å². The molecule has 1 saturated heterocycles. The van der Waals surface area contributed by atoms with Gasteiger partial charge in [0.25, 0.3) is 11.1 Å². The molecule has 1 N–H and O–H groups in total. The maximum atomic E-state index is 12.5. The minimum atomic E-state index is -0.306. The van der Waals surface area contributed by atoms with E-state index in [1.54, 1.807) is 13.2 Å². The van der Waals surface area contributed by atoms with Crippen molar-refractivity contribution in [3.05, 3.63) is 59.0 Å². The van der Waals surface area contributed by atoms with E-state index in [1.807, 2.05) is 55.5 Å². The maximum absolute atomic E-state index is 12.5. The molecule has 0 aromatic heterocycles. The third-order valence-electron chi connectivity index (χ3n) is 3.89. The van der Waals surface area contributed by atoms with Crippen LogP contribution in [0.4, 0.5) is 10.5 Å². The molecular weight excluding hydrogens is 364 g/mol. The summed E-state index contributed by atoms with van der Waals surface area (Å²) >= 11 is 0.940. The van der Waals surface area contributed by atoms with Crippen molar-refractivity contribution >= 4 is 34.7 Å². The monoisotopic (exact) mass is 384 g/mol. The molecule has 0 atom stereocenters. The van der Waals surface area contributed by atoms with E-state index < -0.39 is 0 Å². The molecule has 2 aromatic rings. The fourth-order valence-electron chi connectivity index (χ4n) is 2.49. The third kappa shape index (κ3) is 4.62. The summed E-state index contributed by atoms with van der Waals surface area (Å²) in [6.45, 7) is 2.63. The van der Waals surface area contributed by atoms with Gasteiger partial charge in [-0.3, -0.25) is 14.5 Å². The Hall–Kier alpha value is -2.93. The standard InChI is InChI=1S/C20H20N2O4S/c1-3-26-17-8-4-14(5-9-17)12-18-19(23)22(20(24)27-18)13-21-15-6-10-16(25-2)11-7-15/h4-12,21H,3,13H2,1-2H3/b18-12+. The van der Waals surface area contributed by atoms with Crippen molar-refractivity contribution in [1.82, 2.24) is 4.90 Å². The fraction of sp³-hybridized carbons (Fsp3) is 0.200. The molecule has 0 aliphatic carbocycles. The first-order chi connectivity index (χ1) is 13.1. The number of ether oxygens (including phenoxy) is 2. The van der Waals surface area contributed by atoms with E-state index in [0.29, 0.717) is 11.5 Å². The molecule has 6 nitrogen and oxygen atoms in total. The van der Waals surface area contributed by atoms with E-state index in [0.717, 1.165) is 34.5 Å². The lowest BCUT2D eigenvalue weighted by atomic mass is 10.2. The number of hydrogen-bond acceptors (Lipinski definition) is 6. The molecule has 2 aromatic carbocycles. The molecule has 1 aliphatic heterocycles. The van der Waals surface area contributed by atoms with Crippen LogP contribution in [0.25, 0.3) is 6.08 Å². The topological polar surface area (TPSA) is 67.9 Å². The number of imide groups is 1. The van der Waals surface area contributed by atoms with Crippen LogP contribution >= 0.6 is 11.8 Å². The minimum absolute atomic E-state index is 0.109. The van der Waals surface area contributed by atoms with Gasteiger partial charge in [0.1, 0.15) is 11.5 Å². The lowest BCUT2D eigenvalue weighted by Crippen LogP contribution is -2.33. The van der Waals surface area contributed by atoms with Crippen molar-refractivity contribution in [3.63, 3.8) is 0 Å². The predicted octanol–water partition coefficient (Wildman–Crippen LogP) is 4.20. The summed E-state index contributed by atoms with van der Waals surface area (Å²) in [5, 5.41) is 2.78. The summed E-state index contributed by atoms with van der Waals surface area (Å²) in [5.41, 5.74) is 1.64. The van der Waals surface area contributed by atoms with Crippen LogP contribution in [0.3, 0.4) is 0 Å². The van der Waals surface area contributed by atoms with Gasteiger partial charge in [0.15, 0.2) is 0 Å². The quantitative estimate of drug-likeness (QED) is 0.722. The van der Waals surface area contributed by atoms with Gasteiger partial charge in [0.05, 0.1) is 25.3 Å². The van der Waals surface area contributed by atoms with Gasteiger partial charge >= 0.3 is 0 Å². The molecule has 0 saturated carbocycles. The van der Waals surface area contributed by atoms with E-state index in [9.17, 15) is 9.59 Å². The first-order valence-corrected chi connectivity index (χ1v) is 9.28. The highest BCUT2D eigenvalue weighted by Crippen LogP contribution is 2.32. The van der Waals surface area contributed by atoms with Gasteiger partial charge in [-0.25, -0.2) is 0 Å². The van der Waals surface area contributed by atoms with Gasteiger partial charge in [0, 0.05) is 5.69 Å². The van der Waals surface area contributed by atoms with E-state index in [4.69, 9.17) is 9.47 Å². The van der Waals surface area contributed by atoms with Crippen molar-refractivity contribution in [3.8, 4) is 11.5 Å². The number of carbonyl (C=O) groups is 2. The van der Waals surface area contributed by atoms with Crippen LogP contribution in [0.2, 0.25) is 0 Å². The number of amides is 2. The van der Waals surface area contributed by atoms with Crippen molar-refractivity contribution in [2.45, 2.75) is 6.92 Å². The van der Waals surface area contributed by atoms with Crippen molar-refractivity contribution in [2.75, 3.05) is 25.7 Å². The van der Waals surface area contributed by atoms with Gasteiger partial charge in [-0.1, -0.05) is 12.1 Å². The van der Waals surface area contributed by atoms with E-state index in [-0.39, 0.29) is 17.8 Å². The highest BCUT2D eigenvalue weighted by molar-refractivity contribution is 8.18. The molecule has 27 heavy (non-hydrogen) atoms. The second kappa shape index (κ2) is 8.64. The SMILES string of the molecule is CCOc1ccc(/C=C2/SC(=O)N(CNc3ccc(OC)cc3)C2=O)cc1. The lowest BCUT2D eigenvalue weighted by Gasteiger charge is -2.14. The Bertz CT molecular complexity index is 847. The molecule has 0 spiro atoms. The molecule has 2 amide bonds. The van der Waals surface area contributed by atoms with Crippen LogP contribution in [-0.2, 0) is 4.79 Å². The molecule has 1 heterocycles. The molecule has 7 heteroatoms. The Balaban J connectivity index is 1.64. The molecule has 0 bridgehead atoms. The lowest BCUT2D eigenvalue weighted by molar-refractivity contribution is -0.122. The molecule has 140 valence electrons. The van der Waals surface area contributed by atoms with E-state index in [2.05, 4.69) is 5.32 Å². The zero-order valence-electron chi connectivity index (χ0n) is 15.1. The van der Waals surface area contributed by atoms with Crippen LogP contribution < -0.4 is 14.8 Å². The van der Waals surface area contributed by atoms with Gasteiger partial charge in [-0.15, -0.1) is 0 Å². The number of anilines is 1. The normalized spacial score (nSPS) is 15.3. The van der Waals surface area contributed by atoms with Gasteiger partial charge < -0.3 is 14.8 Å².